The minimum atomic E-state index is -0.217. The monoisotopic (exact) mass is 273 g/mol. The molecule has 0 bridgehead atoms. The molecule has 1 fully saturated rings. The summed E-state index contributed by atoms with van der Waals surface area (Å²) < 4.78 is 0. The van der Waals surface area contributed by atoms with Gasteiger partial charge >= 0.3 is 0 Å². The van der Waals surface area contributed by atoms with Crippen molar-refractivity contribution in [1.29, 1.82) is 0 Å². The molecular weight excluding hydrogens is 246 g/mol. The summed E-state index contributed by atoms with van der Waals surface area (Å²) in [6.07, 6.45) is 7.18. The van der Waals surface area contributed by atoms with Crippen LogP contribution in [0.1, 0.15) is 59.3 Å². The molecule has 20 heavy (non-hydrogen) atoms. The Morgan fingerprint density at radius 2 is 1.85 bits per heavy atom. The lowest BCUT2D eigenvalue weighted by Gasteiger charge is -2.25. The van der Waals surface area contributed by atoms with Crippen molar-refractivity contribution < 1.29 is 4.79 Å². The van der Waals surface area contributed by atoms with Crippen molar-refractivity contribution in [3.05, 3.63) is 30.3 Å². The van der Waals surface area contributed by atoms with Gasteiger partial charge < -0.3 is 4.90 Å². The van der Waals surface area contributed by atoms with Gasteiger partial charge in [0, 0.05) is 17.1 Å². The molecule has 1 aliphatic rings. The first kappa shape index (κ1) is 15.1. The predicted molar refractivity (Wildman–Crippen MR) is 84.9 cm³/mol. The van der Waals surface area contributed by atoms with Crippen LogP contribution in [0.4, 0.5) is 5.69 Å². The Hall–Kier alpha value is -1.31. The van der Waals surface area contributed by atoms with Crippen molar-refractivity contribution in [3.8, 4) is 0 Å². The van der Waals surface area contributed by atoms with Crippen LogP contribution in [0.3, 0.4) is 0 Å². The van der Waals surface area contributed by atoms with Crippen molar-refractivity contribution in [2.24, 2.45) is 5.41 Å². The van der Waals surface area contributed by atoms with Gasteiger partial charge in [-0.25, -0.2) is 0 Å². The zero-order chi connectivity index (χ0) is 14.6. The molecule has 0 radical (unpaired) electrons. The third kappa shape index (κ3) is 3.23. The van der Waals surface area contributed by atoms with Gasteiger partial charge in [0.25, 0.3) is 0 Å². The van der Waals surface area contributed by atoms with Gasteiger partial charge in [-0.3, -0.25) is 4.79 Å². The standard InChI is InChI=1S/C18H27NO/c1-4-5-6-8-13-16-14-18(2,3)17(20)19(16)15-11-9-7-10-12-15/h7,9-12,16H,4-6,8,13-14H2,1-3H3. The molecule has 1 unspecified atom stereocenters. The Kier molecular flexibility index (Phi) is 4.85. The van der Waals surface area contributed by atoms with E-state index in [1.807, 2.05) is 23.1 Å². The zero-order valence-electron chi connectivity index (χ0n) is 13.1. The van der Waals surface area contributed by atoms with Gasteiger partial charge in [-0.15, -0.1) is 0 Å². The number of hydrogen-bond donors (Lipinski definition) is 0. The largest absolute Gasteiger partial charge is 0.309 e. The van der Waals surface area contributed by atoms with Crippen LogP contribution < -0.4 is 4.90 Å². The maximum absolute atomic E-state index is 12.7. The van der Waals surface area contributed by atoms with Crippen LogP contribution >= 0.6 is 0 Å². The van der Waals surface area contributed by atoms with Crippen LogP contribution in [-0.2, 0) is 4.79 Å². The van der Waals surface area contributed by atoms with Crippen LogP contribution in [0.2, 0.25) is 0 Å². The summed E-state index contributed by atoms with van der Waals surface area (Å²) >= 11 is 0. The summed E-state index contributed by atoms with van der Waals surface area (Å²) in [6, 6.07) is 10.5. The van der Waals surface area contributed by atoms with Crippen molar-refractivity contribution >= 4 is 11.6 Å². The number of nitrogens with zero attached hydrogens (tertiary/aromatic N) is 1. The second-order valence-corrected chi connectivity index (χ2v) is 6.60. The molecule has 2 heteroatoms. The quantitative estimate of drug-likeness (QED) is 0.682. The van der Waals surface area contributed by atoms with E-state index in [2.05, 4.69) is 32.9 Å². The zero-order valence-corrected chi connectivity index (χ0v) is 13.1. The second kappa shape index (κ2) is 6.43. The highest BCUT2D eigenvalue weighted by atomic mass is 16.2. The Labute approximate surface area is 123 Å². The summed E-state index contributed by atoms with van der Waals surface area (Å²) in [6.45, 7) is 6.40. The Bertz CT molecular complexity index is 438. The summed E-state index contributed by atoms with van der Waals surface area (Å²) in [4.78, 5) is 14.7. The number of unbranched alkanes of at least 4 members (excludes halogenated alkanes) is 3. The van der Waals surface area contributed by atoms with Gasteiger partial charge in [0.1, 0.15) is 0 Å². The van der Waals surface area contributed by atoms with E-state index in [-0.39, 0.29) is 11.3 Å². The van der Waals surface area contributed by atoms with Crippen LogP contribution in [0.5, 0.6) is 0 Å². The fourth-order valence-corrected chi connectivity index (χ4v) is 3.21. The molecule has 0 saturated carbocycles. The van der Waals surface area contributed by atoms with Crippen LogP contribution in [0.15, 0.2) is 30.3 Å². The fraction of sp³-hybridized carbons (Fsp3) is 0.611. The number of carbonyl (C=O) groups excluding carboxylic acids is 1. The smallest absolute Gasteiger partial charge is 0.232 e. The Balaban J connectivity index is 2.10. The number of rotatable bonds is 6. The number of amides is 1. The lowest BCUT2D eigenvalue weighted by molar-refractivity contribution is -0.124. The molecule has 0 N–H and O–H groups in total. The van der Waals surface area contributed by atoms with E-state index in [4.69, 9.17) is 0 Å². The van der Waals surface area contributed by atoms with E-state index in [1.165, 1.54) is 25.7 Å². The maximum Gasteiger partial charge on any atom is 0.232 e. The Morgan fingerprint density at radius 3 is 2.50 bits per heavy atom. The molecule has 1 aliphatic heterocycles. The Morgan fingerprint density at radius 1 is 1.15 bits per heavy atom. The first-order valence-electron chi connectivity index (χ1n) is 7.95. The average molecular weight is 273 g/mol. The van der Waals surface area contributed by atoms with E-state index in [9.17, 15) is 4.79 Å². The summed E-state index contributed by atoms with van der Waals surface area (Å²) in [5.41, 5.74) is 0.842. The van der Waals surface area contributed by atoms with Crippen molar-refractivity contribution in [2.75, 3.05) is 4.90 Å². The molecule has 1 heterocycles. The minimum absolute atomic E-state index is 0.217. The first-order chi connectivity index (χ1) is 9.56. The van der Waals surface area contributed by atoms with E-state index in [0.717, 1.165) is 18.5 Å². The number of anilines is 1. The predicted octanol–water partition coefficient (Wildman–Crippen LogP) is 4.79. The fourth-order valence-electron chi connectivity index (χ4n) is 3.21. The molecule has 110 valence electrons. The number of hydrogen-bond acceptors (Lipinski definition) is 1. The molecule has 0 spiro atoms. The third-order valence-corrected chi connectivity index (χ3v) is 4.33. The van der Waals surface area contributed by atoms with Gasteiger partial charge in [-0.2, -0.15) is 0 Å². The highest BCUT2D eigenvalue weighted by molar-refractivity contribution is 6.00. The van der Waals surface area contributed by atoms with E-state index < -0.39 is 0 Å². The van der Waals surface area contributed by atoms with E-state index in [0.29, 0.717) is 6.04 Å². The van der Waals surface area contributed by atoms with Crippen molar-refractivity contribution in [3.63, 3.8) is 0 Å². The summed E-state index contributed by atoms with van der Waals surface area (Å²) in [7, 11) is 0. The molecule has 1 aromatic carbocycles. The van der Waals surface area contributed by atoms with Gasteiger partial charge in [0.15, 0.2) is 0 Å². The van der Waals surface area contributed by atoms with Gasteiger partial charge in [-0.1, -0.05) is 64.7 Å². The molecule has 1 atom stereocenters. The van der Waals surface area contributed by atoms with Gasteiger partial charge in [0.2, 0.25) is 5.91 Å². The summed E-state index contributed by atoms with van der Waals surface area (Å²) in [5.74, 6) is 0.282. The van der Waals surface area contributed by atoms with Crippen molar-refractivity contribution in [1.82, 2.24) is 0 Å². The molecule has 1 aromatic rings. The minimum Gasteiger partial charge on any atom is -0.309 e. The average Bonchev–Trinajstić information content (AvgIpc) is 2.66. The normalized spacial score (nSPS) is 21.4. The number of benzene rings is 1. The van der Waals surface area contributed by atoms with Crippen molar-refractivity contribution in [2.45, 2.75) is 65.3 Å². The molecule has 0 aliphatic carbocycles. The van der Waals surface area contributed by atoms with Crippen LogP contribution in [0.25, 0.3) is 0 Å². The molecular formula is C18H27NO. The first-order valence-corrected chi connectivity index (χ1v) is 7.95. The SMILES string of the molecule is CCCCCCC1CC(C)(C)C(=O)N1c1ccccc1. The van der Waals surface area contributed by atoms with Crippen LogP contribution in [-0.4, -0.2) is 11.9 Å². The molecule has 1 amide bonds. The highest BCUT2D eigenvalue weighted by Gasteiger charge is 2.45. The molecule has 0 aromatic heterocycles. The number of carbonyl (C=O) groups is 1. The lowest BCUT2D eigenvalue weighted by atomic mass is 9.88. The van der Waals surface area contributed by atoms with E-state index in [1.54, 1.807) is 0 Å². The summed E-state index contributed by atoms with van der Waals surface area (Å²) in [5, 5.41) is 0. The van der Waals surface area contributed by atoms with Gasteiger partial charge in [0.05, 0.1) is 0 Å². The van der Waals surface area contributed by atoms with E-state index >= 15 is 0 Å². The number of para-hydroxylation sites is 1. The van der Waals surface area contributed by atoms with Crippen LogP contribution in [0, 0.1) is 5.41 Å². The van der Waals surface area contributed by atoms with Gasteiger partial charge in [-0.05, 0) is 25.0 Å². The third-order valence-electron chi connectivity index (χ3n) is 4.33. The lowest BCUT2D eigenvalue weighted by Crippen LogP contribution is -2.35. The maximum atomic E-state index is 12.7. The molecule has 2 rings (SSSR count). The highest BCUT2D eigenvalue weighted by Crippen LogP contribution is 2.40. The topological polar surface area (TPSA) is 20.3 Å². The molecule has 2 nitrogen and oxygen atoms in total. The second-order valence-electron chi connectivity index (χ2n) is 6.60. The molecule has 1 saturated heterocycles.